The Morgan fingerprint density at radius 1 is 0.950 bits per heavy atom. The molecule has 0 aromatic heterocycles. The first kappa shape index (κ1) is 38.9. The fourth-order valence-electron chi connectivity index (χ4n) is 3.98. The molecule has 0 radical (unpaired) electrons. The van der Waals surface area contributed by atoms with Gasteiger partial charge in [0.15, 0.2) is 8.32 Å². The molecule has 1 amide bonds. The molecule has 236 valence electrons. The third-order valence-electron chi connectivity index (χ3n) is 7.39. The Morgan fingerprint density at radius 3 is 2.12 bits per heavy atom. The summed E-state index contributed by atoms with van der Waals surface area (Å²) < 4.78 is 29.6. The van der Waals surface area contributed by atoms with E-state index in [1.54, 1.807) is 6.92 Å². The highest BCUT2D eigenvalue weighted by Crippen LogP contribution is 2.56. The first-order chi connectivity index (χ1) is 18.3. The van der Waals surface area contributed by atoms with E-state index in [4.69, 9.17) is 23.1 Å². The Labute approximate surface area is 248 Å². The lowest BCUT2D eigenvalue weighted by Gasteiger charge is -2.54. The molecule has 1 unspecified atom stereocenters. The summed E-state index contributed by atoms with van der Waals surface area (Å²) in [5, 5.41) is 2.01. The molecule has 11 heteroatoms. The van der Waals surface area contributed by atoms with Crippen LogP contribution in [-0.4, -0.2) is 90.1 Å². The number of unbranched alkanes of at least 4 members (excludes halogenated alkanes) is 1. The minimum Gasteiger partial charge on any atom is -0.460 e. The topological polar surface area (TPSA) is 92.3 Å². The van der Waals surface area contributed by atoms with E-state index < -0.39 is 43.9 Å². The van der Waals surface area contributed by atoms with Crippen molar-refractivity contribution in [1.29, 1.82) is 0 Å². The largest absolute Gasteiger partial charge is 0.460 e. The van der Waals surface area contributed by atoms with Crippen LogP contribution in [0.2, 0.25) is 32.2 Å². The van der Waals surface area contributed by atoms with Crippen molar-refractivity contribution >= 4 is 38.7 Å². The summed E-state index contributed by atoms with van der Waals surface area (Å²) in [7, 11) is -5.36. The van der Waals surface area contributed by atoms with Gasteiger partial charge in [-0.1, -0.05) is 26.0 Å². The average molecular weight is 622 g/mol. The zero-order valence-corrected chi connectivity index (χ0v) is 30.1. The van der Waals surface area contributed by atoms with Crippen molar-refractivity contribution in [3.63, 3.8) is 0 Å². The van der Waals surface area contributed by atoms with Crippen molar-refractivity contribution in [2.75, 3.05) is 51.2 Å². The van der Waals surface area contributed by atoms with Crippen molar-refractivity contribution in [2.24, 2.45) is 0 Å². The molecule has 0 aliphatic carbocycles. The standard InChI is InChI=1S/C29H59NO7SSi2/c1-14-16-23-38(8,9)28(5,6)36-40(12,13)29(7,15-2)37-39(10,11)24-17-19-33-21-22-35-27(32)30-18-20-34-26(31)25(3)4/h15H,2-3,14,16-24H2,1,4-13H3,(H,30,32). The van der Waals surface area contributed by atoms with Gasteiger partial charge in [0, 0.05) is 12.2 Å². The second-order valence-electron chi connectivity index (χ2n) is 12.5. The SMILES string of the molecule is C=CC(C)(O[Si](C)(C)CCCOCCOC(=O)NCCOC(=O)C(=C)C)[Si](C)(C)OC(C)(C)S(C)(C)CCCC. The molecular weight excluding hydrogens is 563 g/mol. The minimum atomic E-state index is -2.35. The molecule has 0 aliphatic heterocycles. The molecule has 0 aromatic rings. The van der Waals surface area contributed by atoms with E-state index in [1.807, 2.05) is 6.08 Å². The predicted molar refractivity (Wildman–Crippen MR) is 174 cm³/mol. The maximum Gasteiger partial charge on any atom is 0.407 e. The molecule has 0 rings (SSSR count). The highest BCUT2D eigenvalue weighted by atomic mass is 32.3. The van der Waals surface area contributed by atoms with Gasteiger partial charge in [0.05, 0.1) is 23.3 Å². The van der Waals surface area contributed by atoms with Crippen LogP contribution < -0.4 is 5.32 Å². The molecule has 0 fully saturated rings. The first-order valence-electron chi connectivity index (χ1n) is 14.3. The molecule has 0 spiro atoms. The number of nitrogens with one attached hydrogen (secondary N) is 1. The number of carbonyl (C=O) groups excluding carboxylic acids is 2. The van der Waals surface area contributed by atoms with Gasteiger partial charge < -0.3 is 28.4 Å². The van der Waals surface area contributed by atoms with E-state index in [-0.39, 0.29) is 24.7 Å². The van der Waals surface area contributed by atoms with E-state index in [0.717, 1.165) is 12.5 Å². The normalized spacial score (nSPS) is 14.7. The molecule has 0 saturated carbocycles. The Bertz CT molecular complexity index is 833. The van der Waals surface area contributed by atoms with E-state index >= 15 is 0 Å². The Morgan fingerprint density at radius 2 is 1.57 bits per heavy atom. The summed E-state index contributed by atoms with van der Waals surface area (Å²) in [4.78, 5) is 22.8. The summed E-state index contributed by atoms with van der Waals surface area (Å²) in [6.07, 6.45) is 9.44. The maximum atomic E-state index is 11.7. The average Bonchev–Trinajstić information content (AvgIpc) is 2.83. The monoisotopic (exact) mass is 621 g/mol. The number of rotatable bonds is 21. The van der Waals surface area contributed by atoms with Crippen LogP contribution in [0, 0.1) is 0 Å². The van der Waals surface area contributed by atoms with Crippen molar-refractivity contribution in [3.8, 4) is 0 Å². The summed E-state index contributed by atoms with van der Waals surface area (Å²) in [5.41, 5.74) is 0.314. The summed E-state index contributed by atoms with van der Waals surface area (Å²) in [6, 6.07) is 0.932. The predicted octanol–water partition coefficient (Wildman–Crippen LogP) is 6.77. The molecule has 40 heavy (non-hydrogen) atoms. The van der Waals surface area contributed by atoms with Crippen molar-refractivity contribution in [3.05, 3.63) is 24.8 Å². The molecule has 0 saturated heterocycles. The fraction of sp³-hybridized carbons (Fsp3) is 0.793. The number of hydrogen-bond acceptors (Lipinski definition) is 7. The van der Waals surface area contributed by atoms with Gasteiger partial charge in [0.2, 0.25) is 8.32 Å². The van der Waals surface area contributed by atoms with Crippen LogP contribution in [0.15, 0.2) is 24.8 Å². The maximum absolute atomic E-state index is 11.7. The Hall–Kier alpha value is -1.12. The van der Waals surface area contributed by atoms with Crippen LogP contribution >= 0.6 is 10.0 Å². The fourth-order valence-corrected chi connectivity index (χ4v) is 13.1. The van der Waals surface area contributed by atoms with E-state index in [2.05, 4.69) is 84.9 Å². The van der Waals surface area contributed by atoms with Crippen molar-refractivity contribution in [2.45, 2.75) is 96.3 Å². The number of hydrogen-bond donors (Lipinski definition) is 1. The molecule has 0 aliphatic rings. The molecular formula is C29H59NO7SSi2. The van der Waals surface area contributed by atoms with Crippen LogP contribution in [0.5, 0.6) is 0 Å². The quantitative estimate of drug-likeness (QED) is 0.0497. The molecule has 0 bridgehead atoms. The second kappa shape index (κ2) is 17.1. The molecule has 1 atom stereocenters. The number of alkyl carbamates (subject to hydrolysis) is 1. The Kier molecular flexibility index (Phi) is 16.6. The van der Waals surface area contributed by atoms with Gasteiger partial charge in [-0.05, 0) is 91.0 Å². The summed E-state index contributed by atoms with van der Waals surface area (Å²) in [6.45, 7) is 28.4. The van der Waals surface area contributed by atoms with Crippen molar-refractivity contribution < 1.29 is 32.7 Å². The number of esters is 1. The van der Waals surface area contributed by atoms with Crippen LogP contribution in [0.1, 0.15) is 53.9 Å². The van der Waals surface area contributed by atoms with Crippen LogP contribution in [-0.2, 0) is 27.9 Å². The van der Waals surface area contributed by atoms with Gasteiger partial charge in [-0.25, -0.2) is 19.6 Å². The van der Waals surface area contributed by atoms with Gasteiger partial charge in [-0.2, -0.15) is 0 Å². The van der Waals surface area contributed by atoms with E-state index in [9.17, 15) is 9.59 Å². The van der Waals surface area contributed by atoms with Crippen LogP contribution in [0.25, 0.3) is 0 Å². The van der Waals surface area contributed by atoms with Crippen LogP contribution in [0.4, 0.5) is 4.79 Å². The number of ether oxygens (including phenoxy) is 3. The number of carbonyl (C=O) groups is 2. The minimum absolute atomic E-state index is 0.0610. The van der Waals surface area contributed by atoms with Crippen molar-refractivity contribution in [1.82, 2.24) is 5.32 Å². The molecule has 8 nitrogen and oxygen atoms in total. The smallest absolute Gasteiger partial charge is 0.407 e. The van der Waals surface area contributed by atoms with E-state index in [1.165, 1.54) is 18.6 Å². The highest BCUT2D eigenvalue weighted by Gasteiger charge is 2.51. The zero-order chi connectivity index (χ0) is 31.3. The van der Waals surface area contributed by atoms with E-state index in [0.29, 0.717) is 18.8 Å². The zero-order valence-electron chi connectivity index (χ0n) is 27.3. The molecule has 0 heterocycles. The van der Waals surface area contributed by atoms with Gasteiger partial charge in [0.25, 0.3) is 0 Å². The van der Waals surface area contributed by atoms with Crippen LogP contribution in [0.3, 0.4) is 0 Å². The Balaban J connectivity index is 4.61. The lowest BCUT2D eigenvalue weighted by molar-refractivity contribution is -0.138. The van der Waals surface area contributed by atoms with Gasteiger partial charge in [-0.3, -0.25) is 0 Å². The van der Waals surface area contributed by atoms with Gasteiger partial charge in [-0.15, -0.1) is 6.58 Å². The first-order valence-corrected chi connectivity index (χ1v) is 23.0. The number of amides is 1. The highest BCUT2D eigenvalue weighted by molar-refractivity contribution is 8.33. The summed E-state index contributed by atoms with van der Waals surface area (Å²) in [5.74, 6) is 0.718. The summed E-state index contributed by atoms with van der Waals surface area (Å²) >= 11 is 0. The lowest BCUT2D eigenvalue weighted by Crippen LogP contribution is -2.62. The third kappa shape index (κ3) is 13.7. The second-order valence-corrected chi connectivity index (χ2v) is 25.4. The molecule has 0 aromatic carbocycles. The van der Waals surface area contributed by atoms with Gasteiger partial charge in [0.1, 0.15) is 13.2 Å². The van der Waals surface area contributed by atoms with Gasteiger partial charge >= 0.3 is 12.1 Å². The molecule has 1 N–H and O–H groups in total. The lowest BCUT2D eigenvalue weighted by atomic mass is 10.4. The third-order valence-corrected chi connectivity index (χ3v) is 18.1.